The first-order chi connectivity index (χ1) is 18.8. The van der Waals surface area contributed by atoms with E-state index in [-0.39, 0.29) is 17.8 Å². The maximum absolute atomic E-state index is 13.7. The van der Waals surface area contributed by atoms with Crippen molar-refractivity contribution in [3.63, 3.8) is 0 Å². The number of rotatable bonds is 5. The molecule has 1 amide bonds. The zero-order chi connectivity index (χ0) is 27.5. The summed E-state index contributed by atoms with van der Waals surface area (Å²) in [5, 5.41) is 9.47. The lowest BCUT2D eigenvalue weighted by Gasteiger charge is -2.40. The highest BCUT2D eigenvalue weighted by Gasteiger charge is 2.30. The predicted octanol–water partition coefficient (Wildman–Crippen LogP) is 4.38. The Morgan fingerprint density at radius 2 is 1.74 bits per heavy atom. The molecule has 1 atom stereocenters. The van der Waals surface area contributed by atoms with Crippen LogP contribution in [0.25, 0.3) is 0 Å². The number of hydrogen-bond acceptors (Lipinski definition) is 6. The number of halogens is 1. The molecule has 2 aromatic carbocycles. The van der Waals surface area contributed by atoms with Gasteiger partial charge in [0.2, 0.25) is 0 Å². The quantitative estimate of drug-likeness (QED) is 0.492. The number of carbonyl (C=O) groups is 1. The van der Waals surface area contributed by atoms with Crippen LogP contribution in [0.3, 0.4) is 0 Å². The van der Waals surface area contributed by atoms with E-state index in [2.05, 4.69) is 51.7 Å². The number of carbonyl (C=O) groups excluding carboxylic acids is 1. The SMILES string of the molecule is Cc1cc(C)c(C(=O)N2CCN(c3ccc(F)cn3)CC2C)cc1CN1CCN(c2ccccc2C#N)CC1. The molecule has 0 spiro atoms. The number of anilines is 2. The second kappa shape index (κ2) is 11.4. The Morgan fingerprint density at radius 3 is 2.44 bits per heavy atom. The van der Waals surface area contributed by atoms with Gasteiger partial charge < -0.3 is 14.7 Å². The summed E-state index contributed by atoms with van der Waals surface area (Å²) in [7, 11) is 0. The van der Waals surface area contributed by atoms with E-state index in [0.29, 0.717) is 25.2 Å². The van der Waals surface area contributed by atoms with Gasteiger partial charge in [-0.2, -0.15) is 5.26 Å². The predicted molar refractivity (Wildman–Crippen MR) is 151 cm³/mol. The lowest BCUT2D eigenvalue weighted by atomic mass is 9.97. The second-order valence-corrected chi connectivity index (χ2v) is 10.6. The van der Waals surface area contributed by atoms with Gasteiger partial charge in [0.05, 0.1) is 17.4 Å². The maximum atomic E-state index is 13.7. The van der Waals surface area contributed by atoms with Gasteiger partial charge in [-0.25, -0.2) is 9.37 Å². The lowest BCUT2D eigenvalue weighted by molar-refractivity contribution is 0.0672. The van der Waals surface area contributed by atoms with Crippen LogP contribution in [-0.4, -0.2) is 72.5 Å². The van der Waals surface area contributed by atoms with Crippen molar-refractivity contribution in [1.29, 1.82) is 5.26 Å². The topological polar surface area (TPSA) is 66.7 Å². The maximum Gasteiger partial charge on any atom is 0.254 e. The molecule has 0 aliphatic carbocycles. The summed E-state index contributed by atoms with van der Waals surface area (Å²) in [4.78, 5) is 26.7. The molecule has 2 saturated heterocycles. The molecule has 1 aromatic heterocycles. The van der Waals surface area contributed by atoms with Gasteiger partial charge in [-0.3, -0.25) is 9.69 Å². The number of piperazine rings is 2. The highest BCUT2D eigenvalue weighted by atomic mass is 19.1. The van der Waals surface area contributed by atoms with Crippen molar-refractivity contribution in [1.82, 2.24) is 14.8 Å². The first-order valence-electron chi connectivity index (χ1n) is 13.6. The number of nitriles is 1. The largest absolute Gasteiger partial charge is 0.368 e. The molecule has 0 saturated carbocycles. The molecule has 0 bridgehead atoms. The summed E-state index contributed by atoms with van der Waals surface area (Å²) in [6.07, 6.45) is 1.24. The number of nitrogens with zero attached hydrogens (tertiary/aromatic N) is 6. The van der Waals surface area contributed by atoms with E-state index >= 15 is 0 Å². The van der Waals surface area contributed by atoms with Crippen molar-refractivity contribution in [2.24, 2.45) is 0 Å². The molecule has 2 aliphatic heterocycles. The van der Waals surface area contributed by atoms with Crippen LogP contribution >= 0.6 is 0 Å². The Hall–Kier alpha value is -3.96. The first kappa shape index (κ1) is 26.6. The number of amides is 1. The molecule has 39 heavy (non-hydrogen) atoms. The number of hydrogen-bond donors (Lipinski definition) is 0. The average molecular weight is 527 g/mol. The Labute approximate surface area is 230 Å². The van der Waals surface area contributed by atoms with E-state index in [4.69, 9.17) is 0 Å². The number of benzene rings is 2. The third kappa shape index (κ3) is 5.74. The first-order valence-corrected chi connectivity index (χ1v) is 13.6. The molecule has 3 aromatic rings. The smallest absolute Gasteiger partial charge is 0.254 e. The molecule has 5 rings (SSSR count). The highest BCUT2D eigenvalue weighted by molar-refractivity contribution is 5.96. The van der Waals surface area contributed by atoms with E-state index in [0.717, 1.165) is 55.4 Å². The normalized spacial score (nSPS) is 18.2. The average Bonchev–Trinajstić information content (AvgIpc) is 2.95. The molecular formula is C31H35FN6O. The Kier molecular flexibility index (Phi) is 7.80. The third-order valence-electron chi connectivity index (χ3n) is 7.97. The van der Waals surface area contributed by atoms with Crippen LogP contribution in [0.5, 0.6) is 0 Å². The summed E-state index contributed by atoms with van der Waals surface area (Å²) < 4.78 is 13.3. The van der Waals surface area contributed by atoms with Crippen molar-refractivity contribution >= 4 is 17.4 Å². The Balaban J connectivity index is 1.24. The van der Waals surface area contributed by atoms with Gasteiger partial charge in [0.1, 0.15) is 17.7 Å². The summed E-state index contributed by atoms with van der Waals surface area (Å²) in [5.41, 5.74) is 5.85. The van der Waals surface area contributed by atoms with Crippen LogP contribution in [0.1, 0.15) is 39.5 Å². The van der Waals surface area contributed by atoms with E-state index < -0.39 is 0 Å². The summed E-state index contributed by atoms with van der Waals surface area (Å²) >= 11 is 0. The van der Waals surface area contributed by atoms with Crippen molar-refractivity contribution in [3.05, 3.63) is 88.4 Å². The second-order valence-electron chi connectivity index (χ2n) is 10.6. The number of pyridine rings is 1. The van der Waals surface area contributed by atoms with E-state index in [1.165, 1.54) is 23.4 Å². The molecule has 7 nitrogen and oxygen atoms in total. The van der Waals surface area contributed by atoms with Crippen LogP contribution in [0.4, 0.5) is 15.9 Å². The van der Waals surface area contributed by atoms with Gasteiger partial charge in [-0.05, 0) is 67.8 Å². The molecule has 202 valence electrons. The van der Waals surface area contributed by atoms with Gasteiger partial charge in [0.25, 0.3) is 5.91 Å². The van der Waals surface area contributed by atoms with Gasteiger partial charge in [0.15, 0.2) is 0 Å². The van der Waals surface area contributed by atoms with Gasteiger partial charge >= 0.3 is 0 Å². The number of para-hydroxylation sites is 1. The van der Waals surface area contributed by atoms with Crippen molar-refractivity contribution < 1.29 is 9.18 Å². The van der Waals surface area contributed by atoms with Gasteiger partial charge in [-0.15, -0.1) is 0 Å². The van der Waals surface area contributed by atoms with Crippen LogP contribution in [0, 0.1) is 31.0 Å². The van der Waals surface area contributed by atoms with Gasteiger partial charge in [-0.1, -0.05) is 18.2 Å². The van der Waals surface area contributed by atoms with Crippen LogP contribution in [0.15, 0.2) is 54.7 Å². The molecule has 3 heterocycles. The molecule has 2 fully saturated rings. The third-order valence-corrected chi connectivity index (χ3v) is 7.97. The lowest BCUT2D eigenvalue weighted by Crippen LogP contribution is -2.54. The van der Waals surface area contributed by atoms with Crippen molar-refractivity contribution in [3.8, 4) is 6.07 Å². The minimum atomic E-state index is -0.350. The van der Waals surface area contributed by atoms with E-state index in [1.807, 2.05) is 36.1 Å². The molecule has 0 radical (unpaired) electrons. The van der Waals surface area contributed by atoms with Crippen LogP contribution in [0.2, 0.25) is 0 Å². The number of aryl methyl sites for hydroxylation is 2. The highest BCUT2D eigenvalue weighted by Crippen LogP contribution is 2.25. The zero-order valence-electron chi connectivity index (χ0n) is 22.9. The van der Waals surface area contributed by atoms with Crippen molar-refractivity contribution in [2.45, 2.75) is 33.4 Å². The van der Waals surface area contributed by atoms with E-state index in [1.54, 1.807) is 6.07 Å². The molecular weight excluding hydrogens is 491 g/mol. The fourth-order valence-electron chi connectivity index (χ4n) is 5.71. The monoisotopic (exact) mass is 526 g/mol. The van der Waals surface area contributed by atoms with Crippen molar-refractivity contribution in [2.75, 3.05) is 55.6 Å². The van der Waals surface area contributed by atoms with Gasteiger partial charge in [0, 0.05) is 64.0 Å². The molecule has 8 heteroatoms. The van der Waals surface area contributed by atoms with Crippen LogP contribution in [-0.2, 0) is 6.54 Å². The van der Waals surface area contributed by atoms with Crippen LogP contribution < -0.4 is 9.80 Å². The molecule has 1 unspecified atom stereocenters. The zero-order valence-corrected chi connectivity index (χ0v) is 22.9. The summed E-state index contributed by atoms with van der Waals surface area (Å²) in [6, 6.07) is 17.4. The fourth-order valence-corrected chi connectivity index (χ4v) is 5.71. The molecule has 0 N–H and O–H groups in total. The van der Waals surface area contributed by atoms with E-state index in [9.17, 15) is 14.4 Å². The molecule has 2 aliphatic rings. The fraction of sp³-hybridized carbons (Fsp3) is 0.387. The summed E-state index contributed by atoms with van der Waals surface area (Å²) in [6.45, 7) is 12.4. The minimum Gasteiger partial charge on any atom is -0.368 e. The standard InChI is InChI=1S/C31H35FN6O/c1-22-16-23(2)28(31(39)38-15-14-37(20-24(38)3)30-9-8-27(32)19-34-30)17-26(22)21-35-10-12-36(13-11-35)29-7-5-4-6-25(29)18-33/h4-9,16-17,19,24H,10-15,20-21H2,1-3H3. The number of aromatic nitrogens is 1. The Morgan fingerprint density at radius 1 is 1.00 bits per heavy atom. The summed E-state index contributed by atoms with van der Waals surface area (Å²) in [5.74, 6) is 0.448. The Bertz CT molecular complexity index is 1380. The minimum absolute atomic E-state index is 0.00613.